The molecular formula is C25H25N3O4. The van der Waals surface area contributed by atoms with Gasteiger partial charge in [-0.05, 0) is 73.7 Å². The average molecular weight is 431 g/mol. The van der Waals surface area contributed by atoms with E-state index in [1.54, 1.807) is 16.8 Å². The smallest absolute Gasteiger partial charge is 0.309 e. The molecule has 7 nitrogen and oxygen atoms in total. The summed E-state index contributed by atoms with van der Waals surface area (Å²) in [7, 11) is 0. The molecule has 1 fully saturated rings. The standard InChI is InChI=1S/C25H25N3O4/c1-14-10-22(16(3)23-20(14)8-9-21-15(2)25(30)32-24(21)23)31-13-18-11-28(27-26-18)19-6-4-17(12-29)5-7-19/h4-7,10-12,15,21,24H,8-9,13H2,1-3H3. The molecule has 164 valence electrons. The van der Waals surface area contributed by atoms with Crippen molar-refractivity contribution in [3.63, 3.8) is 0 Å². The van der Waals surface area contributed by atoms with Crippen LogP contribution in [0.5, 0.6) is 5.75 Å². The van der Waals surface area contributed by atoms with Crippen LogP contribution in [-0.4, -0.2) is 27.2 Å². The van der Waals surface area contributed by atoms with Crippen LogP contribution in [0.1, 0.15) is 57.8 Å². The SMILES string of the molecule is Cc1cc(OCc2cn(-c3ccc(C=O)cc3)nn2)c(C)c2c1CCC1C(C)C(=O)OC21. The number of hydrogen-bond donors (Lipinski definition) is 0. The predicted octanol–water partition coefficient (Wildman–Crippen LogP) is 4.07. The molecule has 0 saturated carbocycles. The van der Waals surface area contributed by atoms with E-state index < -0.39 is 0 Å². The van der Waals surface area contributed by atoms with Gasteiger partial charge in [0, 0.05) is 17.0 Å². The molecule has 0 bridgehead atoms. The van der Waals surface area contributed by atoms with E-state index in [0.29, 0.717) is 11.3 Å². The van der Waals surface area contributed by atoms with Crippen LogP contribution in [0.3, 0.4) is 0 Å². The van der Waals surface area contributed by atoms with Crippen molar-refractivity contribution in [2.24, 2.45) is 11.8 Å². The zero-order chi connectivity index (χ0) is 22.4. The molecule has 1 aliphatic heterocycles. The highest BCUT2D eigenvalue weighted by Crippen LogP contribution is 2.49. The van der Waals surface area contributed by atoms with E-state index in [4.69, 9.17) is 9.47 Å². The zero-order valence-corrected chi connectivity index (χ0v) is 18.4. The first kappa shape index (κ1) is 20.4. The fraction of sp³-hybridized carbons (Fsp3) is 0.360. The lowest BCUT2D eigenvalue weighted by atomic mass is 9.74. The number of esters is 1. The van der Waals surface area contributed by atoms with Crippen LogP contribution >= 0.6 is 0 Å². The Kier molecular flexibility index (Phi) is 5.04. The van der Waals surface area contributed by atoms with Crippen molar-refractivity contribution >= 4 is 12.3 Å². The molecule has 5 rings (SSSR count). The first-order chi connectivity index (χ1) is 15.5. The lowest BCUT2D eigenvalue weighted by Gasteiger charge is -2.31. The van der Waals surface area contributed by atoms with Crippen molar-refractivity contribution in [1.29, 1.82) is 0 Å². The van der Waals surface area contributed by atoms with Gasteiger partial charge in [-0.2, -0.15) is 0 Å². The number of hydrogen-bond acceptors (Lipinski definition) is 6. The minimum Gasteiger partial charge on any atom is -0.487 e. The number of ether oxygens (including phenoxy) is 2. The lowest BCUT2D eigenvalue weighted by molar-refractivity contribution is -0.144. The van der Waals surface area contributed by atoms with Gasteiger partial charge in [0.1, 0.15) is 30.4 Å². The van der Waals surface area contributed by atoms with Crippen LogP contribution in [0.2, 0.25) is 0 Å². The van der Waals surface area contributed by atoms with Crippen LogP contribution in [0.25, 0.3) is 5.69 Å². The fourth-order valence-electron chi connectivity index (χ4n) is 4.92. The minimum atomic E-state index is -0.182. The molecule has 0 spiro atoms. The number of fused-ring (bicyclic) bond motifs is 3. The number of aromatic nitrogens is 3. The summed E-state index contributed by atoms with van der Waals surface area (Å²) in [6.45, 7) is 6.37. The largest absolute Gasteiger partial charge is 0.487 e. The van der Waals surface area contributed by atoms with Gasteiger partial charge in [-0.3, -0.25) is 9.59 Å². The molecule has 2 heterocycles. The van der Waals surface area contributed by atoms with E-state index in [1.165, 1.54) is 5.56 Å². The van der Waals surface area contributed by atoms with Gasteiger partial charge in [0.15, 0.2) is 0 Å². The van der Waals surface area contributed by atoms with Crippen molar-refractivity contribution in [2.75, 3.05) is 0 Å². The summed E-state index contributed by atoms with van der Waals surface area (Å²) in [6, 6.07) is 9.19. The maximum Gasteiger partial charge on any atom is 0.309 e. The van der Waals surface area contributed by atoms with Gasteiger partial charge in [0.05, 0.1) is 17.8 Å². The van der Waals surface area contributed by atoms with Crippen LogP contribution in [0.15, 0.2) is 36.5 Å². The molecule has 3 atom stereocenters. The molecule has 1 aliphatic carbocycles. The molecule has 3 aromatic rings. The lowest BCUT2D eigenvalue weighted by Crippen LogP contribution is -2.22. The molecule has 2 aliphatic rings. The summed E-state index contributed by atoms with van der Waals surface area (Å²) < 4.78 is 13.6. The van der Waals surface area contributed by atoms with Gasteiger partial charge in [-0.1, -0.05) is 12.1 Å². The van der Waals surface area contributed by atoms with Crippen molar-refractivity contribution in [2.45, 2.75) is 46.3 Å². The quantitative estimate of drug-likeness (QED) is 0.447. The molecule has 1 saturated heterocycles. The maximum atomic E-state index is 12.2. The van der Waals surface area contributed by atoms with E-state index in [1.807, 2.05) is 32.2 Å². The monoisotopic (exact) mass is 431 g/mol. The van der Waals surface area contributed by atoms with Gasteiger partial charge < -0.3 is 9.47 Å². The highest BCUT2D eigenvalue weighted by Gasteiger charge is 2.46. The van der Waals surface area contributed by atoms with Gasteiger partial charge >= 0.3 is 5.97 Å². The summed E-state index contributed by atoms with van der Waals surface area (Å²) in [5.41, 5.74) is 6.71. The van der Waals surface area contributed by atoms with Crippen LogP contribution in [0, 0.1) is 25.7 Å². The summed E-state index contributed by atoms with van der Waals surface area (Å²) in [5, 5.41) is 8.38. The molecule has 3 unspecified atom stereocenters. The molecule has 1 aromatic heterocycles. The Labute approximate surface area is 186 Å². The molecule has 0 radical (unpaired) electrons. The first-order valence-corrected chi connectivity index (χ1v) is 10.9. The number of carbonyl (C=O) groups excluding carboxylic acids is 2. The molecule has 2 aromatic carbocycles. The number of nitrogens with zero attached hydrogens (tertiary/aromatic N) is 3. The summed E-state index contributed by atoms with van der Waals surface area (Å²) in [4.78, 5) is 23.0. The van der Waals surface area contributed by atoms with Crippen LogP contribution in [-0.2, 0) is 22.6 Å². The van der Waals surface area contributed by atoms with Crippen molar-refractivity contribution in [3.05, 3.63) is 70.0 Å². The van der Waals surface area contributed by atoms with Crippen LogP contribution in [0.4, 0.5) is 0 Å². The van der Waals surface area contributed by atoms with E-state index in [0.717, 1.165) is 47.3 Å². The maximum absolute atomic E-state index is 12.2. The third-order valence-electron chi connectivity index (χ3n) is 6.79. The van der Waals surface area contributed by atoms with E-state index in [-0.39, 0.29) is 30.5 Å². The van der Waals surface area contributed by atoms with Gasteiger partial charge in [-0.15, -0.1) is 5.10 Å². The molecular weight excluding hydrogens is 406 g/mol. The second-order valence-electron chi connectivity index (χ2n) is 8.71. The highest BCUT2D eigenvalue weighted by atomic mass is 16.6. The van der Waals surface area contributed by atoms with E-state index >= 15 is 0 Å². The molecule has 0 amide bonds. The first-order valence-electron chi connectivity index (χ1n) is 10.9. The Hall–Kier alpha value is -3.48. The third kappa shape index (κ3) is 3.38. The molecule has 0 N–H and O–H groups in total. The van der Waals surface area contributed by atoms with Crippen molar-refractivity contribution in [1.82, 2.24) is 15.0 Å². The number of benzene rings is 2. The number of aryl methyl sites for hydroxylation is 1. The second-order valence-corrected chi connectivity index (χ2v) is 8.71. The average Bonchev–Trinajstić information content (AvgIpc) is 3.39. The third-order valence-corrected chi connectivity index (χ3v) is 6.79. The summed E-state index contributed by atoms with van der Waals surface area (Å²) >= 11 is 0. The van der Waals surface area contributed by atoms with Crippen molar-refractivity contribution < 1.29 is 19.1 Å². The van der Waals surface area contributed by atoms with Crippen LogP contribution < -0.4 is 4.74 Å². The number of aldehydes is 1. The summed E-state index contributed by atoms with van der Waals surface area (Å²) in [6.07, 6.45) is 4.37. The van der Waals surface area contributed by atoms with E-state index in [9.17, 15) is 9.59 Å². The van der Waals surface area contributed by atoms with Gasteiger partial charge in [0.2, 0.25) is 0 Å². The van der Waals surface area contributed by atoms with Gasteiger partial charge in [-0.25, -0.2) is 4.68 Å². The highest BCUT2D eigenvalue weighted by molar-refractivity contribution is 5.76. The Bertz CT molecular complexity index is 1200. The normalized spacial score (nSPS) is 21.6. The Balaban J connectivity index is 1.37. The number of rotatable bonds is 5. The minimum absolute atomic E-state index is 0.0620. The number of carbonyl (C=O) groups is 2. The molecule has 7 heteroatoms. The zero-order valence-electron chi connectivity index (χ0n) is 18.4. The van der Waals surface area contributed by atoms with Crippen molar-refractivity contribution in [3.8, 4) is 11.4 Å². The Morgan fingerprint density at radius 1 is 1.25 bits per heavy atom. The molecule has 32 heavy (non-hydrogen) atoms. The van der Waals surface area contributed by atoms with Gasteiger partial charge in [0.25, 0.3) is 0 Å². The predicted molar refractivity (Wildman–Crippen MR) is 117 cm³/mol. The summed E-state index contributed by atoms with van der Waals surface area (Å²) in [5.74, 6) is 0.846. The second kappa shape index (κ2) is 7.89. The van der Waals surface area contributed by atoms with E-state index in [2.05, 4.69) is 23.3 Å². The Morgan fingerprint density at radius 3 is 2.78 bits per heavy atom. The fourth-order valence-corrected chi connectivity index (χ4v) is 4.92. The topological polar surface area (TPSA) is 83.3 Å². The Morgan fingerprint density at radius 2 is 2.03 bits per heavy atom.